The number of aromatic nitrogens is 2. The normalized spacial score (nSPS) is 13.7. The number of nitrogens with one attached hydrogen (secondary N) is 1. The number of rotatable bonds is 5. The largest absolute Gasteiger partial charge is 0.312 e. The van der Waals surface area contributed by atoms with E-state index >= 15 is 0 Å². The van der Waals surface area contributed by atoms with E-state index in [1.807, 2.05) is 7.05 Å². The van der Waals surface area contributed by atoms with E-state index in [0.29, 0.717) is 0 Å². The van der Waals surface area contributed by atoms with Gasteiger partial charge >= 0.3 is 0 Å². The van der Waals surface area contributed by atoms with E-state index in [-0.39, 0.29) is 11.5 Å². The van der Waals surface area contributed by atoms with Crippen molar-refractivity contribution in [3.05, 3.63) is 22.7 Å². The Bertz CT molecular complexity index is 376. The Balaban J connectivity index is 2.97. The number of hydrogen-bond acceptors (Lipinski definition) is 4. The summed E-state index contributed by atoms with van der Waals surface area (Å²) >= 11 is 1.50. The molecule has 1 heterocycles. The van der Waals surface area contributed by atoms with Crippen LogP contribution in [0.2, 0.25) is 0 Å². The van der Waals surface area contributed by atoms with Gasteiger partial charge in [-0.2, -0.15) is 0 Å². The van der Waals surface area contributed by atoms with Crippen LogP contribution in [0.5, 0.6) is 0 Å². The molecule has 0 aromatic carbocycles. The first-order chi connectivity index (χ1) is 7.90. The molecule has 0 bridgehead atoms. The first-order valence-corrected chi connectivity index (χ1v) is 6.84. The molecule has 1 atom stereocenters. The van der Waals surface area contributed by atoms with Gasteiger partial charge in [0.2, 0.25) is 0 Å². The minimum atomic E-state index is 0.0466. The molecule has 3 nitrogen and oxygen atoms in total. The van der Waals surface area contributed by atoms with Crippen molar-refractivity contribution >= 4 is 11.5 Å². The maximum absolute atomic E-state index is 4.29. The maximum atomic E-state index is 4.29. The van der Waals surface area contributed by atoms with Crippen molar-refractivity contribution in [2.45, 2.75) is 52.0 Å². The molecule has 0 saturated carbocycles. The Morgan fingerprint density at radius 2 is 2.12 bits per heavy atom. The average Bonchev–Trinajstić information content (AvgIpc) is 2.73. The van der Waals surface area contributed by atoms with Crippen molar-refractivity contribution < 1.29 is 0 Å². The Hall–Kier alpha value is -0.740. The highest BCUT2D eigenvalue weighted by Gasteiger charge is 2.26. The smallest absolute Gasteiger partial charge is 0.0857 e. The molecular formula is C13H23N3S. The van der Waals surface area contributed by atoms with Crippen LogP contribution >= 0.6 is 11.5 Å². The van der Waals surface area contributed by atoms with E-state index in [4.69, 9.17) is 0 Å². The Kier molecular flexibility index (Phi) is 4.83. The minimum Gasteiger partial charge on any atom is -0.312 e. The second-order valence-corrected chi connectivity index (χ2v) is 6.17. The first kappa shape index (κ1) is 14.3. The first-order valence-electron chi connectivity index (χ1n) is 6.06. The molecule has 0 fully saturated rings. The van der Waals surface area contributed by atoms with Gasteiger partial charge in [-0.3, -0.25) is 0 Å². The summed E-state index contributed by atoms with van der Waals surface area (Å²) in [7, 11) is 1.99. The zero-order valence-electron chi connectivity index (χ0n) is 11.5. The summed E-state index contributed by atoms with van der Waals surface area (Å²) in [5.41, 5.74) is 2.41. The van der Waals surface area contributed by atoms with Gasteiger partial charge in [0.05, 0.1) is 10.6 Å². The molecule has 1 aromatic rings. The van der Waals surface area contributed by atoms with Crippen LogP contribution in [0, 0.1) is 0 Å². The lowest BCUT2D eigenvalue weighted by molar-refractivity contribution is 0.528. The van der Waals surface area contributed by atoms with Gasteiger partial charge in [-0.05, 0) is 31.4 Å². The monoisotopic (exact) mass is 253 g/mol. The fourth-order valence-electron chi connectivity index (χ4n) is 1.70. The van der Waals surface area contributed by atoms with Gasteiger partial charge in [0.1, 0.15) is 0 Å². The van der Waals surface area contributed by atoms with E-state index in [1.54, 1.807) is 0 Å². The summed E-state index contributed by atoms with van der Waals surface area (Å²) in [5.74, 6) is 0. The predicted molar refractivity (Wildman–Crippen MR) is 74.5 cm³/mol. The van der Waals surface area contributed by atoms with Crippen LogP contribution in [-0.2, 0) is 5.41 Å². The minimum absolute atomic E-state index is 0.0466. The summed E-state index contributed by atoms with van der Waals surface area (Å²) in [4.78, 5) is 1.25. The summed E-state index contributed by atoms with van der Waals surface area (Å²) in [6, 6.07) is 0.289. The van der Waals surface area contributed by atoms with E-state index < -0.39 is 0 Å². The zero-order valence-corrected chi connectivity index (χ0v) is 12.3. The van der Waals surface area contributed by atoms with E-state index in [0.717, 1.165) is 18.5 Å². The lowest BCUT2D eigenvalue weighted by Gasteiger charge is -2.22. The van der Waals surface area contributed by atoms with Crippen molar-refractivity contribution in [3.63, 3.8) is 0 Å². The third-order valence-corrected chi connectivity index (χ3v) is 3.72. The van der Waals surface area contributed by atoms with Crippen LogP contribution in [0.4, 0.5) is 0 Å². The number of nitrogens with zero attached hydrogens (tertiary/aromatic N) is 2. The summed E-state index contributed by atoms with van der Waals surface area (Å²) < 4.78 is 4.11. The Morgan fingerprint density at radius 1 is 1.47 bits per heavy atom. The molecule has 0 spiro atoms. The van der Waals surface area contributed by atoms with Crippen LogP contribution in [0.15, 0.2) is 12.2 Å². The molecule has 96 valence electrons. The molecule has 0 amide bonds. The van der Waals surface area contributed by atoms with Crippen LogP contribution in [0.1, 0.15) is 57.1 Å². The molecule has 0 radical (unpaired) electrons. The van der Waals surface area contributed by atoms with Crippen molar-refractivity contribution in [1.29, 1.82) is 0 Å². The second-order valence-electron chi connectivity index (χ2n) is 5.38. The molecule has 4 heteroatoms. The summed E-state index contributed by atoms with van der Waals surface area (Å²) in [6.45, 7) is 12.8. The van der Waals surface area contributed by atoms with Crippen LogP contribution in [0.3, 0.4) is 0 Å². The van der Waals surface area contributed by atoms with Crippen molar-refractivity contribution in [1.82, 2.24) is 14.9 Å². The summed E-state index contributed by atoms with van der Waals surface area (Å²) in [5, 5.41) is 7.64. The third-order valence-electron chi connectivity index (χ3n) is 2.88. The fraction of sp³-hybridized carbons (Fsp3) is 0.692. The highest BCUT2D eigenvalue weighted by molar-refractivity contribution is 7.05. The average molecular weight is 253 g/mol. The molecule has 0 aliphatic carbocycles. The van der Waals surface area contributed by atoms with E-state index in [1.165, 1.54) is 22.0 Å². The van der Waals surface area contributed by atoms with Crippen LogP contribution in [0.25, 0.3) is 0 Å². The predicted octanol–water partition coefficient (Wildman–Crippen LogP) is 3.45. The van der Waals surface area contributed by atoms with Gasteiger partial charge in [-0.15, -0.1) is 5.10 Å². The molecule has 1 aromatic heterocycles. The highest BCUT2D eigenvalue weighted by atomic mass is 32.1. The fourth-order valence-corrected chi connectivity index (χ4v) is 2.68. The van der Waals surface area contributed by atoms with Gasteiger partial charge in [0.25, 0.3) is 0 Å². The topological polar surface area (TPSA) is 37.8 Å². The van der Waals surface area contributed by atoms with Gasteiger partial charge in [-0.25, -0.2) is 0 Å². The SMILES string of the molecule is C=C(CC)CC(NC)c1snnc1C(C)(C)C. The molecule has 1 N–H and O–H groups in total. The van der Waals surface area contributed by atoms with E-state index in [9.17, 15) is 0 Å². The quantitative estimate of drug-likeness (QED) is 0.817. The second kappa shape index (κ2) is 5.74. The standard InChI is InChI=1S/C13H23N3S/c1-7-9(2)8-10(14-6)11-12(13(3,4)5)15-16-17-11/h10,14H,2,7-8H2,1,3-6H3. The molecule has 17 heavy (non-hydrogen) atoms. The maximum Gasteiger partial charge on any atom is 0.0857 e. The van der Waals surface area contributed by atoms with Crippen LogP contribution < -0.4 is 5.32 Å². The van der Waals surface area contributed by atoms with Crippen LogP contribution in [-0.4, -0.2) is 16.6 Å². The Labute approximate surface area is 108 Å². The molecule has 1 rings (SSSR count). The molecule has 0 saturated heterocycles. The lowest BCUT2D eigenvalue weighted by atomic mass is 9.89. The van der Waals surface area contributed by atoms with Crippen molar-refractivity contribution in [2.75, 3.05) is 7.05 Å². The Morgan fingerprint density at radius 3 is 2.59 bits per heavy atom. The third kappa shape index (κ3) is 3.61. The van der Waals surface area contributed by atoms with Gasteiger partial charge in [0, 0.05) is 11.5 Å². The molecule has 0 aliphatic heterocycles. The molecule has 0 aliphatic rings. The van der Waals surface area contributed by atoms with E-state index in [2.05, 4.69) is 49.2 Å². The molecular weight excluding hydrogens is 230 g/mol. The van der Waals surface area contributed by atoms with Gasteiger partial charge in [0.15, 0.2) is 0 Å². The summed E-state index contributed by atoms with van der Waals surface area (Å²) in [6.07, 6.45) is 1.98. The van der Waals surface area contributed by atoms with Crippen molar-refractivity contribution in [2.24, 2.45) is 0 Å². The molecule has 1 unspecified atom stereocenters. The zero-order chi connectivity index (χ0) is 13.1. The van der Waals surface area contributed by atoms with Gasteiger partial charge < -0.3 is 5.32 Å². The van der Waals surface area contributed by atoms with Crippen molar-refractivity contribution in [3.8, 4) is 0 Å². The highest BCUT2D eigenvalue weighted by Crippen LogP contribution is 2.33. The lowest BCUT2D eigenvalue weighted by Crippen LogP contribution is -2.21. The van der Waals surface area contributed by atoms with Gasteiger partial charge in [-0.1, -0.05) is 44.3 Å². The number of hydrogen-bond donors (Lipinski definition) is 1.